The molecule has 1 atom stereocenters. The van der Waals surface area contributed by atoms with Gasteiger partial charge in [-0.25, -0.2) is 4.79 Å². The van der Waals surface area contributed by atoms with Crippen molar-refractivity contribution in [2.24, 2.45) is 5.92 Å². The van der Waals surface area contributed by atoms with Crippen LogP contribution in [0.1, 0.15) is 48.9 Å². The van der Waals surface area contributed by atoms with Crippen molar-refractivity contribution in [3.63, 3.8) is 0 Å². The lowest BCUT2D eigenvalue weighted by atomic mass is 10.2. The van der Waals surface area contributed by atoms with Gasteiger partial charge in [0.25, 0.3) is 0 Å². The Bertz CT molecular complexity index is 558. The summed E-state index contributed by atoms with van der Waals surface area (Å²) in [7, 11) is 0. The van der Waals surface area contributed by atoms with E-state index >= 15 is 0 Å². The maximum absolute atomic E-state index is 12.0. The molecule has 23 heavy (non-hydrogen) atoms. The molecule has 0 aromatic carbocycles. The molecule has 0 aliphatic heterocycles. The molecule has 5 nitrogen and oxygen atoms in total. The van der Waals surface area contributed by atoms with Gasteiger partial charge < -0.3 is 19.9 Å². The highest BCUT2D eigenvalue weighted by Gasteiger charge is 2.34. The second-order valence-corrected chi connectivity index (χ2v) is 8.40. The van der Waals surface area contributed by atoms with E-state index < -0.39 is 11.7 Å². The normalized spacial score (nSPS) is 16.1. The zero-order valence-corrected chi connectivity index (χ0v) is 15.4. The topological polar surface area (TPSA) is 67.8 Å². The van der Waals surface area contributed by atoms with Crippen LogP contribution in [0.25, 0.3) is 0 Å². The van der Waals surface area contributed by atoms with Crippen molar-refractivity contribution in [3.05, 3.63) is 15.3 Å². The fraction of sp³-hybridized carbons (Fsp3) is 0.706. The van der Waals surface area contributed by atoms with Gasteiger partial charge in [0.05, 0.1) is 17.5 Å². The van der Waals surface area contributed by atoms with E-state index in [1.807, 2.05) is 34.6 Å². The smallest absolute Gasteiger partial charge is 0.408 e. The number of nitrogens with one attached hydrogen (secondary N) is 1. The van der Waals surface area contributed by atoms with E-state index in [0.717, 1.165) is 33.9 Å². The van der Waals surface area contributed by atoms with E-state index in [0.29, 0.717) is 12.5 Å². The number of alkyl carbamates (subject to hydrolysis) is 1. The third-order valence-corrected chi connectivity index (χ3v) is 5.02. The Labute approximate surface area is 142 Å². The summed E-state index contributed by atoms with van der Waals surface area (Å²) in [4.78, 5) is 14.0. The molecule has 0 radical (unpaired) electrons. The first kappa shape index (κ1) is 18.1. The molecule has 0 saturated heterocycles. The number of thiophene rings is 1. The highest BCUT2D eigenvalue weighted by molar-refractivity contribution is 7.12. The number of aliphatic hydroxyl groups excluding tert-OH is 1. The second kappa shape index (κ2) is 7.09. The summed E-state index contributed by atoms with van der Waals surface area (Å²) in [6, 6.07) is -0.0593. The molecule has 6 heteroatoms. The predicted octanol–water partition coefficient (Wildman–Crippen LogP) is 3.54. The van der Waals surface area contributed by atoms with E-state index in [9.17, 15) is 9.90 Å². The Hall–Kier alpha value is -1.27. The van der Waals surface area contributed by atoms with Gasteiger partial charge in [-0.2, -0.15) is 0 Å². The molecule has 0 spiro atoms. The van der Waals surface area contributed by atoms with Crippen LogP contribution < -0.4 is 10.1 Å². The maximum atomic E-state index is 12.0. The van der Waals surface area contributed by atoms with Gasteiger partial charge in [0.15, 0.2) is 0 Å². The van der Waals surface area contributed by atoms with Gasteiger partial charge in [0.1, 0.15) is 18.0 Å². The Balaban J connectivity index is 1.97. The first-order chi connectivity index (χ1) is 10.7. The van der Waals surface area contributed by atoms with Crippen LogP contribution >= 0.6 is 11.3 Å². The SMILES string of the molecule is Cc1sc(CO)c(OCC(NC(=O)OC(C)(C)C)C2CC2)c1C. The number of hydrogen-bond donors (Lipinski definition) is 2. The molecule has 1 saturated carbocycles. The van der Waals surface area contributed by atoms with Crippen molar-refractivity contribution in [3.8, 4) is 5.75 Å². The summed E-state index contributed by atoms with van der Waals surface area (Å²) in [5, 5.41) is 12.4. The molecular formula is C17H27NO4S. The number of carbonyl (C=O) groups is 1. The maximum Gasteiger partial charge on any atom is 0.408 e. The van der Waals surface area contributed by atoms with Crippen molar-refractivity contribution < 1.29 is 19.4 Å². The number of aliphatic hydroxyl groups is 1. The van der Waals surface area contributed by atoms with Gasteiger partial charge in [-0.15, -0.1) is 11.3 Å². The largest absolute Gasteiger partial charge is 0.490 e. The second-order valence-electron chi connectivity index (χ2n) is 7.09. The molecule has 2 rings (SSSR count). The van der Waals surface area contributed by atoms with Crippen LogP contribution in [-0.2, 0) is 11.3 Å². The number of carbonyl (C=O) groups excluding carboxylic acids is 1. The summed E-state index contributed by atoms with van der Waals surface area (Å²) in [6.07, 6.45) is 1.79. The molecule has 130 valence electrons. The van der Waals surface area contributed by atoms with Crippen molar-refractivity contribution in [2.45, 2.75) is 65.7 Å². The van der Waals surface area contributed by atoms with Crippen molar-refractivity contribution in [1.29, 1.82) is 0 Å². The highest BCUT2D eigenvalue weighted by atomic mass is 32.1. The van der Waals surface area contributed by atoms with Crippen molar-refractivity contribution in [2.75, 3.05) is 6.61 Å². The fourth-order valence-corrected chi connectivity index (χ4v) is 3.38. The van der Waals surface area contributed by atoms with Crippen molar-refractivity contribution in [1.82, 2.24) is 5.32 Å². The average Bonchev–Trinajstić information content (AvgIpc) is 3.22. The van der Waals surface area contributed by atoms with E-state index in [1.54, 1.807) is 11.3 Å². The Morgan fingerprint density at radius 1 is 1.39 bits per heavy atom. The summed E-state index contributed by atoms with van der Waals surface area (Å²) in [5.74, 6) is 1.20. The lowest BCUT2D eigenvalue weighted by molar-refractivity contribution is 0.0478. The molecule has 1 aromatic rings. The summed E-state index contributed by atoms with van der Waals surface area (Å²) < 4.78 is 11.3. The lowest BCUT2D eigenvalue weighted by Crippen LogP contribution is -2.43. The minimum absolute atomic E-state index is 0.0255. The molecular weight excluding hydrogens is 314 g/mol. The van der Waals surface area contributed by atoms with E-state index in [2.05, 4.69) is 5.32 Å². The number of hydrogen-bond acceptors (Lipinski definition) is 5. The van der Waals surface area contributed by atoms with Gasteiger partial charge in [-0.3, -0.25) is 0 Å². The minimum Gasteiger partial charge on any atom is -0.490 e. The predicted molar refractivity (Wildman–Crippen MR) is 91.1 cm³/mol. The number of rotatable bonds is 6. The first-order valence-corrected chi connectivity index (χ1v) is 8.85. The minimum atomic E-state index is -0.510. The van der Waals surface area contributed by atoms with E-state index in [-0.39, 0.29) is 12.6 Å². The Morgan fingerprint density at radius 2 is 2.04 bits per heavy atom. The van der Waals surface area contributed by atoms with Crippen LogP contribution in [-0.4, -0.2) is 29.4 Å². The molecule has 0 bridgehead atoms. The van der Waals surface area contributed by atoms with Gasteiger partial charge in [-0.05, 0) is 53.4 Å². The van der Waals surface area contributed by atoms with Crippen LogP contribution in [0.5, 0.6) is 5.75 Å². The highest BCUT2D eigenvalue weighted by Crippen LogP contribution is 2.36. The first-order valence-electron chi connectivity index (χ1n) is 8.03. The van der Waals surface area contributed by atoms with Gasteiger partial charge in [0.2, 0.25) is 0 Å². The van der Waals surface area contributed by atoms with Crippen molar-refractivity contribution >= 4 is 17.4 Å². The molecule has 2 N–H and O–H groups in total. The number of aryl methyl sites for hydroxylation is 1. The van der Waals surface area contributed by atoms with E-state index in [1.165, 1.54) is 0 Å². The summed E-state index contributed by atoms with van der Waals surface area (Å²) >= 11 is 1.55. The van der Waals surface area contributed by atoms with Crippen LogP contribution in [0, 0.1) is 19.8 Å². The molecule has 1 amide bonds. The van der Waals surface area contributed by atoms with Crippen LogP contribution in [0.4, 0.5) is 4.79 Å². The Morgan fingerprint density at radius 3 is 2.57 bits per heavy atom. The third-order valence-electron chi connectivity index (χ3n) is 3.84. The lowest BCUT2D eigenvalue weighted by Gasteiger charge is -2.24. The third kappa shape index (κ3) is 5.11. The number of ether oxygens (including phenoxy) is 2. The van der Waals surface area contributed by atoms with Crippen LogP contribution in [0.15, 0.2) is 0 Å². The fourth-order valence-electron chi connectivity index (χ4n) is 2.40. The zero-order valence-electron chi connectivity index (χ0n) is 14.6. The molecule has 1 aliphatic rings. The molecule has 1 aromatic heterocycles. The monoisotopic (exact) mass is 341 g/mol. The Kier molecular flexibility index (Phi) is 5.57. The van der Waals surface area contributed by atoms with Crippen LogP contribution in [0.2, 0.25) is 0 Å². The molecule has 1 unspecified atom stereocenters. The molecule has 1 fully saturated rings. The van der Waals surface area contributed by atoms with Gasteiger partial charge in [-0.1, -0.05) is 0 Å². The average molecular weight is 341 g/mol. The van der Waals surface area contributed by atoms with E-state index in [4.69, 9.17) is 9.47 Å². The van der Waals surface area contributed by atoms with Gasteiger partial charge in [0, 0.05) is 10.4 Å². The molecule has 1 heterocycles. The van der Waals surface area contributed by atoms with Crippen LogP contribution in [0.3, 0.4) is 0 Å². The zero-order chi connectivity index (χ0) is 17.2. The molecule has 1 aliphatic carbocycles. The van der Waals surface area contributed by atoms with Gasteiger partial charge >= 0.3 is 6.09 Å². The standard InChI is InChI=1S/C17H27NO4S/c1-10-11(2)23-14(8-19)15(10)21-9-13(12-6-7-12)18-16(20)22-17(3,4)5/h12-13,19H,6-9H2,1-5H3,(H,18,20). The number of amides is 1. The summed E-state index contributed by atoms with van der Waals surface area (Å²) in [5.41, 5.74) is 0.551. The quantitative estimate of drug-likeness (QED) is 0.830. The summed E-state index contributed by atoms with van der Waals surface area (Å²) in [6.45, 7) is 9.92.